The van der Waals surface area contributed by atoms with E-state index in [1.807, 2.05) is 0 Å². The van der Waals surface area contributed by atoms with Gasteiger partial charge < -0.3 is 29.9 Å². The number of carbonyl (C=O) groups is 2. The molecule has 1 heterocycles. The summed E-state index contributed by atoms with van der Waals surface area (Å²) < 4.78 is 10.2. The Labute approximate surface area is 153 Å². The van der Waals surface area contributed by atoms with E-state index in [2.05, 4.69) is 15.5 Å². The van der Waals surface area contributed by atoms with Gasteiger partial charge in [-0.2, -0.15) is 5.10 Å². The average molecular weight is 381 g/mol. The number of ether oxygens (including phenoxy) is 2. The number of nitrogens with one attached hydrogen (secondary N) is 1. The van der Waals surface area contributed by atoms with E-state index in [1.54, 1.807) is 0 Å². The summed E-state index contributed by atoms with van der Waals surface area (Å²) in [7, 11) is 0.965. The van der Waals surface area contributed by atoms with Crippen LogP contribution in [0.1, 0.15) is 12.0 Å². The second-order valence-corrected chi connectivity index (χ2v) is 6.25. The molecular formula is C14H16BN3O7S. The second kappa shape index (κ2) is 8.69. The SMILES string of the molecule is COc1cc(C=NN=C2NC(=O)C(CC(=O)O)S2)cc(OC)c1B(O)O. The number of aliphatic carboxylic acids is 1. The summed E-state index contributed by atoms with van der Waals surface area (Å²) in [6.45, 7) is 0. The maximum atomic E-state index is 11.6. The zero-order valence-electron chi connectivity index (χ0n) is 13.9. The monoisotopic (exact) mass is 381 g/mol. The lowest BCUT2D eigenvalue weighted by Crippen LogP contribution is -2.32. The molecule has 1 unspecified atom stereocenters. The van der Waals surface area contributed by atoms with Crippen LogP contribution in [0.3, 0.4) is 0 Å². The maximum absolute atomic E-state index is 11.6. The van der Waals surface area contributed by atoms with E-state index in [9.17, 15) is 19.6 Å². The highest BCUT2D eigenvalue weighted by atomic mass is 32.2. The first-order valence-electron chi connectivity index (χ1n) is 7.28. The molecule has 0 spiro atoms. The predicted octanol–water partition coefficient (Wildman–Crippen LogP) is -1.22. The number of amides is 1. The molecule has 26 heavy (non-hydrogen) atoms. The summed E-state index contributed by atoms with van der Waals surface area (Å²) in [6.07, 6.45) is 1.04. The highest BCUT2D eigenvalue weighted by Gasteiger charge is 2.32. The molecule has 10 nitrogen and oxygen atoms in total. The van der Waals surface area contributed by atoms with Crippen LogP contribution < -0.4 is 20.3 Å². The highest BCUT2D eigenvalue weighted by Crippen LogP contribution is 2.23. The third-order valence-electron chi connectivity index (χ3n) is 3.32. The van der Waals surface area contributed by atoms with E-state index in [-0.39, 0.29) is 28.6 Å². The van der Waals surface area contributed by atoms with E-state index in [0.29, 0.717) is 5.56 Å². The number of hydrogen-bond donors (Lipinski definition) is 4. The summed E-state index contributed by atoms with van der Waals surface area (Å²) in [5.41, 5.74) is 0.581. The van der Waals surface area contributed by atoms with Crippen LogP contribution in [0, 0.1) is 0 Å². The molecule has 12 heteroatoms. The Morgan fingerprint density at radius 2 is 1.96 bits per heavy atom. The largest absolute Gasteiger partial charge is 0.497 e. The van der Waals surface area contributed by atoms with Crippen LogP contribution in [0.2, 0.25) is 0 Å². The molecule has 0 radical (unpaired) electrons. The number of carboxylic acids is 1. The molecule has 1 aliphatic heterocycles. The van der Waals surface area contributed by atoms with Crippen LogP contribution in [-0.4, -0.2) is 65.0 Å². The smallest absolute Gasteiger partial charge is 0.496 e. The van der Waals surface area contributed by atoms with Gasteiger partial charge in [-0.3, -0.25) is 9.59 Å². The minimum Gasteiger partial charge on any atom is -0.497 e. The first-order valence-corrected chi connectivity index (χ1v) is 8.16. The third-order valence-corrected chi connectivity index (χ3v) is 4.39. The Balaban J connectivity index is 2.18. The second-order valence-electron chi connectivity index (χ2n) is 5.06. The van der Waals surface area contributed by atoms with E-state index >= 15 is 0 Å². The fraction of sp³-hybridized carbons (Fsp3) is 0.286. The number of carbonyl (C=O) groups excluding carboxylic acids is 1. The van der Waals surface area contributed by atoms with Gasteiger partial charge in [0.1, 0.15) is 16.7 Å². The number of amidine groups is 1. The molecule has 1 saturated heterocycles. The van der Waals surface area contributed by atoms with Crippen molar-refractivity contribution in [1.82, 2.24) is 5.32 Å². The molecule has 1 aliphatic rings. The lowest BCUT2D eigenvalue weighted by atomic mass is 9.78. The number of methoxy groups -OCH3 is 2. The minimum absolute atomic E-state index is 0.0774. The molecule has 0 aromatic heterocycles. The highest BCUT2D eigenvalue weighted by molar-refractivity contribution is 8.15. The number of hydrogen-bond acceptors (Lipinski definition) is 9. The normalized spacial score (nSPS) is 18.2. The van der Waals surface area contributed by atoms with Crippen LogP contribution in [0.5, 0.6) is 11.5 Å². The quantitative estimate of drug-likeness (QED) is 0.261. The van der Waals surface area contributed by atoms with Gasteiger partial charge in [0.05, 0.1) is 32.3 Å². The van der Waals surface area contributed by atoms with Crippen molar-refractivity contribution >= 4 is 47.6 Å². The lowest BCUT2D eigenvalue weighted by Gasteiger charge is -2.13. The summed E-state index contributed by atoms with van der Waals surface area (Å²) in [4.78, 5) is 22.3. The van der Waals surface area contributed by atoms with Crippen LogP contribution in [0.4, 0.5) is 0 Å². The van der Waals surface area contributed by atoms with Crippen LogP contribution >= 0.6 is 11.8 Å². The maximum Gasteiger partial charge on any atom is 0.496 e. The van der Waals surface area contributed by atoms with Gasteiger partial charge in [0.2, 0.25) is 5.91 Å². The van der Waals surface area contributed by atoms with Crippen LogP contribution in [-0.2, 0) is 9.59 Å². The number of benzene rings is 1. The van der Waals surface area contributed by atoms with Gasteiger partial charge in [-0.05, 0) is 12.1 Å². The van der Waals surface area contributed by atoms with Gasteiger partial charge in [0.15, 0.2) is 5.17 Å². The Kier molecular flexibility index (Phi) is 6.61. The molecule has 1 amide bonds. The molecule has 138 valence electrons. The standard InChI is InChI=1S/C14H16BN3O7S/c1-24-8-3-7(4-9(25-2)12(8)15(22)23)6-16-18-14-17-13(21)10(26-14)5-11(19)20/h3-4,6,10,22-23H,5H2,1-2H3,(H,19,20)(H,17,18,21). The summed E-state index contributed by atoms with van der Waals surface area (Å²) in [5, 5.41) is 37.2. The summed E-state index contributed by atoms with van der Waals surface area (Å²) >= 11 is 0.983. The molecule has 2 rings (SSSR count). The van der Waals surface area contributed by atoms with Gasteiger partial charge >= 0.3 is 13.1 Å². The van der Waals surface area contributed by atoms with Crippen molar-refractivity contribution < 1.29 is 34.2 Å². The number of thioether (sulfide) groups is 1. The zero-order valence-corrected chi connectivity index (χ0v) is 14.7. The van der Waals surface area contributed by atoms with Crippen molar-refractivity contribution in [3.63, 3.8) is 0 Å². The van der Waals surface area contributed by atoms with Crippen LogP contribution in [0.15, 0.2) is 22.3 Å². The molecule has 0 saturated carbocycles. The zero-order chi connectivity index (χ0) is 19.3. The first kappa shape index (κ1) is 19.8. The number of nitrogens with zero attached hydrogens (tertiary/aromatic N) is 2. The van der Waals surface area contributed by atoms with Gasteiger partial charge in [0.25, 0.3) is 0 Å². The van der Waals surface area contributed by atoms with E-state index in [0.717, 1.165) is 11.8 Å². The van der Waals surface area contributed by atoms with Gasteiger partial charge in [-0.25, -0.2) is 0 Å². The van der Waals surface area contributed by atoms with Gasteiger partial charge in [0, 0.05) is 5.56 Å². The average Bonchev–Trinajstić information content (AvgIpc) is 2.92. The minimum atomic E-state index is -1.78. The Bertz CT molecular complexity index is 744. The molecule has 1 aromatic carbocycles. The molecular weight excluding hydrogens is 365 g/mol. The van der Waals surface area contributed by atoms with Crippen LogP contribution in [0.25, 0.3) is 0 Å². The van der Waals surface area contributed by atoms with Crippen molar-refractivity contribution in [3.05, 3.63) is 17.7 Å². The molecule has 1 atom stereocenters. The molecule has 4 N–H and O–H groups in total. The van der Waals surface area contributed by atoms with E-state index in [4.69, 9.17) is 14.6 Å². The van der Waals surface area contributed by atoms with Crippen molar-refractivity contribution in [3.8, 4) is 11.5 Å². The molecule has 1 fully saturated rings. The summed E-state index contributed by atoms with van der Waals surface area (Å²) in [5.74, 6) is -1.12. The van der Waals surface area contributed by atoms with Gasteiger partial charge in [-0.15, -0.1) is 5.10 Å². The fourth-order valence-electron chi connectivity index (χ4n) is 2.18. The topological polar surface area (TPSA) is 150 Å². The predicted molar refractivity (Wildman–Crippen MR) is 96.2 cm³/mol. The van der Waals surface area contributed by atoms with Gasteiger partial charge in [-0.1, -0.05) is 11.8 Å². The Morgan fingerprint density at radius 3 is 2.46 bits per heavy atom. The van der Waals surface area contributed by atoms with E-state index < -0.39 is 24.2 Å². The van der Waals surface area contributed by atoms with Crippen molar-refractivity contribution in [2.75, 3.05) is 14.2 Å². The molecule has 1 aromatic rings. The third kappa shape index (κ3) is 4.74. The summed E-state index contributed by atoms with van der Waals surface area (Å²) in [6, 6.07) is 3.02. The first-order chi connectivity index (χ1) is 12.3. The molecule has 0 bridgehead atoms. The number of carboxylic acid groups (broad SMARTS) is 1. The number of rotatable bonds is 7. The van der Waals surface area contributed by atoms with E-state index in [1.165, 1.54) is 32.6 Å². The Hall–Kier alpha value is -2.57. The lowest BCUT2D eigenvalue weighted by molar-refractivity contribution is -0.138. The fourth-order valence-corrected chi connectivity index (χ4v) is 3.10. The molecule has 0 aliphatic carbocycles. The Morgan fingerprint density at radius 1 is 1.35 bits per heavy atom. The van der Waals surface area contributed by atoms with Crippen molar-refractivity contribution in [1.29, 1.82) is 0 Å². The van der Waals surface area contributed by atoms with Crippen molar-refractivity contribution in [2.45, 2.75) is 11.7 Å². The van der Waals surface area contributed by atoms with Crippen molar-refractivity contribution in [2.24, 2.45) is 10.2 Å².